The summed E-state index contributed by atoms with van der Waals surface area (Å²) in [5.74, 6) is -1.35. The minimum absolute atomic E-state index is 0.251. The zero-order chi connectivity index (χ0) is 16.3. The molecule has 0 saturated carbocycles. The number of hydrogen-bond acceptors (Lipinski definition) is 4. The van der Waals surface area contributed by atoms with Gasteiger partial charge in [0.25, 0.3) is 10.0 Å². The maximum atomic E-state index is 11.9. The third kappa shape index (κ3) is 5.02. The number of aryl methyl sites for hydroxylation is 1. The fourth-order valence-corrected chi connectivity index (χ4v) is 2.32. The van der Waals surface area contributed by atoms with Crippen molar-refractivity contribution in [2.24, 2.45) is 0 Å². The van der Waals surface area contributed by atoms with Crippen LogP contribution in [0.1, 0.15) is 23.8 Å². The minimum Gasteiger partial charge on any atom is -0.477 e. The molecule has 0 bridgehead atoms. The highest BCUT2D eigenvalue weighted by molar-refractivity contribution is 7.89. The number of carbonyl (C=O) groups is 1. The van der Waals surface area contributed by atoms with Crippen molar-refractivity contribution in [1.82, 2.24) is 9.45 Å². The first-order chi connectivity index (χ1) is 9.57. The molecule has 7 nitrogen and oxygen atoms in total. The van der Waals surface area contributed by atoms with Crippen molar-refractivity contribution >= 4 is 16.0 Å². The van der Waals surface area contributed by atoms with E-state index in [4.69, 9.17) is 5.11 Å². The number of nitrogens with zero attached hydrogens (tertiary/aromatic N) is 1. The van der Waals surface area contributed by atoms with Gasteiger partial charge in [-0.25, -0.2) is 13.2 Å². The molecule has 0 aromatic carbocycles. The van der Waals surface area contributed by atoms with Crippen LogP contribution in [0.15, 0.2) is 17.2 Å². The van der Waals surface area contributed by atoms with Crippen LogP contribution in [-0.2, 0) is 21.4 Å². The molecule has 0 aliphatic rings. The first-order valence-corrected chi connectivity index (χ1v) is 7.19. The van der Waals surface area contributed by atoms with E-state index in [2.05, 4.69) is 4.84 Å². The zero-order valence-corrected chi connectivity index (χ0v) is 11.7. The molecule has 1 heterocycles. The monoisotopic (exact) mass is 330 g/mol. The average Bonchev–Trinajstić information content (AvgIpc) is 2.72. The van der Waals surface area contributed by atoms with Gasteiger partial charge in [-0.3, -0.25) is 4.84 Å². The fraction of sp³-hybridized carbons (Fsp3) is 0.500. The molecule has 120 valence electrons. The average molecular weight is 330 g/mol. The first-order valence-electron chi connectivity index (χ1n) is 5.70. The molecule has 1 rings (SSSR count). The molecule has 0 saturated heterocycles. The van der Waals surface area contributed by atoms with Crippen molar-refractivity contribution in [3.8, 4) is 0 Å². The van der Waals surface area contributed by atoms with E-state index in [1.54, 1.807) is 6.92 Å². The Morgan fingerprint density at radius 3 is 2.57 bits per heavy atom. The third-order valence-electron chi connectivity index (χ3n) is 2.27. The van der Waals surface area contributed by atoms with Gasteiger partial charge in [-0.05, 0) is 12.5 Å². The van der Waals surface area contributed by atoms with E-state index in [0.717, 1.165) is 12.3 Å². The van der Waals surface area contributed by atoms with Crippen molar-refractivity contribution in [2.75, 3.05) is 6.61 Å². The highest BCUT2D eigenvalue weighted by atomic mass is 32.2. The number of aromatic nitrogens is 1. The molecule has 1 aromatic rings. The lowest BCUT2D eigenvalue weighted by Gasteiger charge is -2.08. The summed E-state index contributed by atoms with van der Waals surface area (Å²) in [5.41, 5.74) is -0.284. The van der Waals surface area contributed by atoms with Crippen LogP contribution in [-0.4, -0.2) is 36.8 Å². The lowest BCUT2D eigenvalue weighted by atomic mass is 10.4. The van der Waals surface area contributed by atoms with E-state index in [1.165, 1.54) is 9.45 Å². The topological polar surface area (TPSA) is 97.6 Å². The number of halogens is 3. The van der Waals surface area contributed by atoms with Crippen LogP contribution >= 0.6 is 0 Å². The number of carboxylic acids is 1. The second kappa shape index (κ2) is 6.45. The molecule has 0 aliphatic carbocycles. The summed E-state index contributed by atoms with van der Waals surface area (Å²) < 4.78 is 60.2. The van der Waals surface area contributed by atoms with E-state index in [0.29, 0.717) is 6.42 Å². The summed E-state index contributed by atoms with van der Waals surface area (Å²) in [7, 11) is -4.39. The van der Waals surface area contributed by atoms with E-state index in [-0.39, 0.29) is 12.2 Å². The second-order valence-corrected chi connectivity index (χ2v) is 5.70. The lowest BCUT2D eigenvalue weighted by molar-refractivity contribution is -0.181. The Labute approximate surface area is 118 Å². The van der Waals surface area contributed by atoms with E-state index >= 15 is 0 Å². The number of sulfonamides is 1. The van der Waals surface area contributed by atoms with Crippen molar-refractivity contribution < 1.29 is 36.3 Å². The largest absolute Gasteiger partial charge is 0.477 e. The third-order valence-corrected chi connectivity index (χ3v) is 3.45. The van der Waals surface area contributed by atoms with Crippen LogP contribution in [0.25, 0.3) is 0 Å². The van der Waals surface area contributed by atoms with Crippen LogP contribution in [0, 0.1) is 0 Å². The lowest BCUT2D eigenvalue weighted by Crippen LogP contribution is -2.29. The van der Waals surface area contributed by atoms with Gasteiger partial charge in [0, 0.05) is 12.7 Å². The molecule has 0 aliphatic heterocycles. The summed E-state index contributed by atoms with van der Waals surface area (Å²) >= 11 is 0. The molecule has 0 spiro atoms. The maximum Gasteiger partial charge on any atom is 0.413 e. The Balaban J connectivity index is 2.93. The number of carboxylic acid groups (broad SMARTS) is 1. The van der Waals surface area contributed by atoms with Gasteiger partial charge in [0.2, 0.25) is 0 Å². The Kier molecular flexibility index (Phi) is 5.36. The van der Waals surface area contributed by atoms with E-state index in [1.807, 2.05) is 0 Å². The van der Waals surface area contributed by atoms with Crippen LogP contribution < -0.4 is 4.89 Å². The molecule has 0 unspecified atom stereocenters. The summed E-state index contributed by atoms with van der Waals surface area (Å²) in [4.78, 5) is 15.6. The van der Waals surface area contributed by atoms with Gasteiger partial charge >= 0.3 is 12.1 Å². The van der Waals surface area contributed by atoms with Gasteiger partial charge in [0.1, 0.15) is 10.6 Å². The van der Waals surface area contributed by atoms with Gasteiger partial charge in [0.15, 0.2) is 6.61 Å². The smallest absolute Gasteiger partial charge is 0.413 e. The number of hydrogen-bond donors (Lipinski definition) is 2. The Morgan fingerprint density at radius 1 is 1.48 bits per heavy atom. The number of nitrogens with one attached hydrogen (secondary N) is 1. The summed E-state index contributed by atoms with van der Waals surface area (Å²) in [6, 6.07) is 0.845. The molecule has 0 amide bonds. The van der Waals surface area contributed by atoms with Gasteiger partial charge in [-0.2, -0.15) is 13.2 Å². The number of alkyl halides is 3. The summed E-state index contributed by atoms with van der Waals surface area (Å²) in [6.07, 6.45) is -3.12. The zero-order valence-electron chi connectivity index (χ0n) is 10.8. The predicted molar refractivity (Wildman–Crippen MR) is 64.0 cm³/mol. The van der Waals surface area contributed by atoms with Gasteiger partial charge in [-0.1, -0.05) is 11.8 Å². The number of rotatable bonds is 7. The molecule has 0 atom stereocenters. The summed E-state index contributed by atoms with van der Waals surface area (Å²) in [5, 5.41) is 8.94. The first kappa shape index (κ1) is 17.5. The Bertz CT molecular complexity index is 609. The normalized spacial score (nSPS) is 12.6. The van der Waals surface area contributed by atoms with Crippen LogP contribution in [0.5, 0.6) is 0 Å². The summed E-state index contributed by atoms with van der Waals surface area (Å²) in [6.45, 7) is 0.207. The molecular formula is C10H13F3N2O5S. The van der Waals surface area contributed by atoms with Crippen molar-refractivity contribution in [3.05, 3.63) is 18.0 Å². The highest BCUT2D eigenvalue weighted by Gasteiger charge is 2.29. The molecule has 21 heavy (non-hydrogen) atoms. The quantitative estimate of drug-likeness (QED) is 0.736. The van der Waals surface area contributed by atoms with Crippen molar-refractivity contribution in [3.63, 3.8) is 0 Å². The van der Waals surface area contributed by atoms with Crippen molar-refractivity contribution in [1.29, 1.82) is 0 Å². The molecule has 2 N–H and O–H groups in total. The number of aromatic carboxylic acids is 1. The standard InChI is InChI=1S/C10H13F3N2O5S/c1-2-3-15-5-7(4-8(15)9(16)17)21(18,19)14-20-6-10(11,12)13/h4-5,14H,2-3,6H2,1H3,(H,16,17). The molecule has 1 aromatic heterocycles. The van der Waals surface area contributed by atoms with E-state index < -0.39 is 33.7 Å². The molecule has 0 fully saturated rings. The fourth-order valence-electron chi connectivity index (χ4n) is 1.47. The van der Waals surface area contributed by atoms with Gasteiger partial charge < -0.3 is 9.67 Å². The predicted octanol–water partition coefficient (Wildman–Crippen LogP) is 1.37. The molecular weight excluding hydrogens is 317 g/mol. The highest BCUT2D eigenvalue weighted by Crippen LogP contribution is 2.17. The van der Waals surface area contributed by atoms with Crippen LogP contribution in [0.2, 0.25) is 0 Å². The van der Waals surface area contributed by atoms with E-state index in [9.17, 15) is 26.4 Å². The minimum atomic E-state index is -4.69. The van der Waals surface area contributed by atoms with Crippen molar-refractivity contribution in [2.45, 2.75) is 31.0 Å². The molecule has 0 radical (unpaired) electrons. The second-order valence-electron chi connectivity index (χ2n) is 4.05. The van der Waals surface area contributed by atoms with Gasteiger partial charge in [-0.15, -0.1) is 0 Å². The molecule has 11 heteroatoms. The van der Waals surface area contributed by atoms with Crippen LogP contribution in [0.4, 0.5) is 13.2 Å². The van der Waals surface area contributed by atoms with Gasteiger partial charge in [0.05, 0.1) is 0 Å². The Morgan fingerprint density at radius 2 is 2.10 bits per heavy atom. The van der Waals surface area contributed by atoms with Crippen LogP contribution in [0.3, 0.4) is 0 Å². The SMILES string of the molecule is CCCn1cc(S(=O)(=O)NOCC(F)(F)F)cc1C(=O)O. The Hall–Kier alpha value is -1.59. The maximum absolute atomic E-state index is 11.9.